The van der Waals surface area contributed by atoms with Crippen molar-refractivity contribution >= 4 is 29.3 Å². The fourth-order valence-corrected chi connectivity index (χ4v) is 5.38. The molecule has 0 aromatic heterocycles. The molecule has 4 rings (SSSR count). The van der Waals surface area contributed by atoms with Crippen molar-refractivity contribution in [1.82, 2.24) is 9.80 Å². The van der Waals surface area contributed by atoms with Gasteiger partial charge in [-0.1, -0.05) is 54.1 Å². The van der Waals surface area contributed by atoms with Gasteiger partial charge in [0, 0.05) is 31.2 Å². The average molecular weight is 417 g/mol. The Labute approximate surface area is 175 Å². The molecule has 1 unspecified atom stereocenters. The van der Waals surface area contributed by atoms with Crippen molar-refractivity contribution in [3.8, 4) is 0 Å². The van der Waals surface area contributed by atoms with Gasteiger partial charge in [0.1, 0.15) is 5.37 Å². The molecule has 0 bridgehead atoms. The van der Waals surface area contributed by atoms with E-state index in [9.17, 15) is 9.90 Å². The lowest BCUT2D eigenvalue weighted by atomic mass is 9.84. The quantitative estimate of drug-likeness (QED) is 0.802. The number of benzene rings is 2. The highest BCUT2D eigenvalue weighted by molar-refractivity contribution is 8.00. The number of carbonyl (C=O) groups is 1. The van der Waals surface area contributed by atoms with Crippen LogP contribution in [0.3, 0.4) is 0 Å². The molecule has 2 aromatic carbocycles. The highest BCUT2D eigenvalue weighted by Gasteiger charge is 2.36. The molecule has 2 heterocycles. The Balaban J connectivity index is 1.33. The summed E-state index contributed by atoms with van der Waals surface area (Å²) in [5.41, 5.74) is 1.34. The Hall–Kier alpha value is -1.53. The van der Waals surface area contributed by atoms with Crippen molar-refractivity contribution in [3.05, 3.63) is 70.7 Å². The molecule has 0 radical (unpaired) electrons. The predicted octanol–water partition coefficient (Wildman–Crippen LogP) is 3.90. The van der Waals surface area contributed by atoms with Crippen molar-refractivity contribution in [3.63, 3.8) is 0 Å². The molecule has 1 N–H and O–H groups in total. The Morgan fingerprint density at radius 3 is 2.39 bits per heavy atom. The SMILES string of the molecule is O=C1CSC(c2ccccc2)N1CCN1CCC(O)(c2ccc(Cl)cc2)CC1. The molecule has 2 aliphatic heterocycles. The number of carbonyl (C=O) groups excluding carboxylic acids is 1. The number of aliphatic hydroxyl groups is 1. The molecule has 2 aromatic rings. The van der Waals surface area contributed by atoms with E-state index in [1.165, 1.54) is 5.56 Å². The summed E-state index contributed by atoms with van der Waals surface area (Å²) < 4.78 is 0. The van der Waals surface area contributed by atoms with Crippen LogP contribution in [0.5, 0.6) is 0 Å². The zero-order chi connectivity index (χ0) is 19.6. The number of hydrogen-bond donors (Lipinski definition) is 1. The fraction of sp³-hybridized carbons (Fsp3) is 0.409. The number of nitrogens with zero attached hydrogens (tertiary/aromatic N) is 2. The van der Waals surface area contributed by atoms with Gasteiger partial charge in [-0.25, -0.2) is 0 Å². The third kappa shape index (κ3) is 4.23. The number of hydrogen-bond acceptors (Lipinski definition) is 4. The second kappa shape index (κ2) is 8.46. The standard InChI is InChI=1S/C22H25ClN2O2S/c23-19-8-6-18(7-9-19)22(27)10-12-24(13-11-22)14-15-25-20(26)16-28-21(25)17-4-2-1-3-5-17/h1-9,21,27H,10-16H2. The van der Waals surface area contributed by atoms with Gasteiger partial charge in [0.2, 0.25) is 5.91 Å². The molecule has 28 heavy (non-hydrogen) atoms. The van der Waals surface area contributed by atoms with E-state index in [4.69, 9.17) is 11.6 Å². The van der Waals surface area contributed by atoms with E-state index in [1.807, 2.05) is 47.4 Å². The Morgan fingerprint density at radius 1 is 1.04 bits per heavy atom. The molecule has 4 nitrogen and oxygen atoms in total. The van der Waals surface area contributed by atoms with E-state index >= 15 is 0 Å². The molecule has 6 heteroatoms. The summed E-state index contributed by atoms with van der Waals surface area (Å²) in [5.74, 6) is 0.768. The molecular formula is C22H25ClN2O2S. The van der Waals surface area contributed by atoms with Crippen LogP contribution in [-0.2, 0) is 10.4 Å². The minimum absolute atomic E-state index is 0.115. The summed E-state index contributed by atoms with van der Waals surface area (Å²) in [6, 6.07) is 17.8. The third-order valence-electron chi connectivity index (χ3n) is 5.77. The van der Waals surface area contributed by atoms with Crippen LogP contribution >= 0.6 is 23.4 Å². The first-order valence-corrected chi connectivity index (χ1v) is 11.1. The Bertz CT molecular complexity index is 807. The van der Waals surface area contributed by atoms with Crippen LogP contribution in [0, 0.1) is 0 Å². The normalized spacial score (nSPS) is 22.6. The Kier molecular flexibility index (Phi) is 5.97. The van der Waals surface area contributed by atoms with Crippen molar-refractivity contribution in [2.75, 3.05) is 31.9 Å². The second-order valence-electron chi connectivity index (χ2n) is 7.54. The lowest BCUT2D eigenvalue weighted by Gasteiger charge is -2.39. The van der Waals surface area contributed by atoms with E-state index < -0.39 is 5.60 Å². The monoisotopic (exact) mass is 416 g/mol. The minimum atomic E-state index is -0.785. The van der Waals surface area contributed by atoms with Crippen molar-refractivity contribution in [2.45, 2.75) is 23.8 Å². The van der Waals surface area contributed by atoms with Gasteiger partial charge in [0.15, 0.2) is 0 Å². The number of halogens is 1. The number of likely N-dealkylation sites (tertiary alicyclic amines) is 1. The van der Waals surface area contributed by atoms with Crippen LogP contribution in [0.25, 0.3) is 0 Å². The first-order chi connectivity index (χ1) is 13.5. The molecule has 2 aliphatic rings. The molecule has 0 saturated carbocycles. The van der Waals surface area contributed by atoms with Crippen LogP contribution in [0.1, 0.15) is 29.3 Å². The van der Waals surface area contributed by atoms with Crippen molar-refractivity contribution < 1.29 is 9.90 Å². The summed E-state index contributed by atoms with van der Waals surface area (Å²) in [5, 5.41) is 11.8. The van der Waals surface area contributed by atoms with Crippen LogP contribution < -0.4 is 0 Å². The van der Waals surface area contributed by atoms with Crippen LogP contribution in [0.2, 0.25) is 5.02 Å². The molecular weight excluding hydrogens is 392 g/mol. The largest absolute Gasteiger partial charge is 0.385 e. The second-order valence-corrected chi connectivity index (χ2v) is 9.05. The smallest absolute Gasteiger partial charge is 0.233 e. The van der Waals surface area contributed by atoms with E-state index in [-0.39, 0.29) is 11.3 Å². The summed E-state index contributed by atoms with van der Waals surface area (Å²) in [4.78, 5) is 16.7. The average Bonchev–Trinajstić information content (AvgIpc) is 3.09. The highest BCUT2D eigenvalue weighted by atomic mass is 35.5. The van der Waals surface area contributed by atoms with Crippen molar-refractivity contribution in [2.24, 2.45) is 0 Å². The summed E-state index contributed by atoms with van der Waals surface area (Å²) in [6.45, 7) is 3.21. The van der Waals surface area contributed by atoms with Crippen molar-refractivity contribution in [1.29, 1.82) is 0 Å². The minimum Gasteiger partial charge on any atom is -0.385 e. The summed E-state index contributed by atoms with van der Waals surface area (Å²) >= 11 is 7.67. The van der Waals surface area contributed by atoms with E-state index in [0.717, 1.165) is 31.7 Å². The molecule has 1 atom stereocenters. The zero-order valence-corrected chi connectivity index (χ0v) is 17.3. The van der Waals surface area contributed by atoms with E-state index in [1.54, 1.807) is 11.8 Å². The third-order valence-corrected chi connectivity index (χ3v) is 7.28. The fourth-order valence-electron chi connectivity index (χ4n) is 4.03. The van der Waals surface area contributed by atoms with E-state index in [0.29, 0.717) is 23.6 Å². The van der Waals surface area contributed by atoms with Gasteiger partial charge in [-0.2, -0.15) is 0 Å². The lowest BCUT2D eigenvalue weighted by Crippen LogP contribution is -2.45. The topological polar surface area (TPSA) is 43.8 Å². The first-order valence-electron chi connectivity index (χ1n) is 9.72. The highest BCUT2D eigenvalue weighted by Crippen LogP contribution is 2.38. The maximum Gasteiger partial charge on any atom is 0.233 e. The molecule has 148 valence electrons. The van der Waals surface area contributed by atoms with Gasteiger partial charge in [-0.05, 0) is 36.1 Å². The van der Waals surface area contributed by atoms with Gasteiger partial charge >= 0.3 is 0 Å². The number of piperidine rings is 1. The maximum atomic E-state index is 12.4. The molecule has 0 aliphatic carbocycles. The van der Waals surface area contributed by atoms with Crippen LogP contribution in [0.15, 0.2) is 54.6 Å². The van der Waals surface area contributed by atoms with Crippen LogP contribution in [0.4, 0.5) is 0 Å². The molecule has 2 fully saturated rings. The first kappa shape index (κ1) is 19.8. The molecule has 0 spiro atoms. The lowest BCUT2D eigenvalue weighted by molar-refractivity contribution is -0.128. The maximum absolute atomic E-state index is 12.4. The Morgan fingerprint density at radius 2 is 1.71 bits per heavy atom. The molecule has 2 saturated heterocycles. The molecule has 1 amide bonds. The number of rotatable bonds is 5. The van der Waals surface area contributed by atoms with Crippen LogP contribution in [-0.4, -0.2) is 52.7 Å². The zero-order valence-electron chi connectivity index (χ0n) is 15.8. The van der Waals surface area contributed by atoms with Gasteiger partial charge in [-0.15, -0.1) is 11.8 Å². The number of amides is 1. The summed E-state index contributed by atoms with van der Waals surface area (Å²) in [7, 11) is 0. The predicted molar refractivity (Wildman–Crippen MR) is 114 cm³/mol. The summed E-state index contributed by atoms with van der Waals surface area (Å²) in [6.07, 6.45) is 1.39. The van der Waals surface area contributed by atoms with Gasteiger partial charge in [-0.3, -0.25) is 4.79 Å². The van der Waals surface area contributed by atoms with E-state index in [2.05, 4.69) is 17.0 Å². The van der Waals surface area contributed by atoms with Gasteiger partial charge in [0.25, 0.3) is 0 Å². The van der Waals surface area contributed by atoms with Gasteiger partial charge in [0.05, 0.1) is 11.4 Å². The van der Waals surface area contributed by atoms with Gasteiger partial charge < -0.3 is 14.9 Å². The number of thioether (sulfide) groups is 1.